The molecule has 1 aromatic heterocycles. The molecule has 0 amide bonds. The Bertz CT molecular complexity index is 944. The van der Waals surface area contributed by atoms with E-state index in [1.165, 1.54) is 44.1 Å². The summed E-state index contributed by atoms with van der Waals surface area (Å²) in [7, 11) is -0.399. The maximum atomic E-state index is 6.37. The monoisotopic (exact) mass is 393 g/mol. The molecule has 1 aromatic carbocycles. The SMILES string of the molecule is Cc1cc(B2OC(C)(C)C(C)(C)O2)c2nnn(C34CC5CC(CC(C5)C3)C4)c2c1. The van der Waals surface area contributed by atoms with E-state index in [0.29, 0.717) is 0 Å². The van der Waals surface area contributed by atoms with Gasteiger partial charge in [-0.15, -0.1) is 5.10 Å². The first kappa shape index (κ1) is 18.4. The zero-order chi connectivity index (χ0) is 20.2. The van der Waals surface area contributed by atoms with Crippen molar-refractivity contribution < 1.29 is 9.31 Å². The van der Waals surface area contributed by atoms with E-state index in [1.54, 1.807) is 0 Å². The highest BCUT2D eigenvalue weighted by atomic mass is 16.7. The molecule has 154 valence electrons. The fourth-order valence-corrected chi connectivity index (χ4v) is 7.02. The quantitative estimate of drug-likeness (QED) is 0.725. The van der Waals surface area contributed by atoms with Gasteiger partial charge in [0.15, 0.2) is 0 Å². The van der Waals surface area contributed by atoms with Gasteiger partial charge in [-0.3, -0.25) is 0 Å². The summed E-state index contributed by atoms with van der Waals surface area (Å²) in [6.07, 6.45) is 8.13. The lowest BCUT2D eigenvalue weighted by molar-refractivity contribution is -0.0479. The van der Waals surface area contributed by atoms with Crippen LogP contribution in [0.25, 0.3) is 11.0 Å². The fraction of sp³-hybridized carbons (Fsp3) is 0.739. The van der Waals surface area contributed by atoms with Crippen molar-refractivity contribution in [2.75, 3.05) is 0 Å². The van der Waals surface area contributed by atoms with Crippen molar-refractivity contribution in [1.82, 2.24) is 15.0 Å². The average molecular weight is 393 g/mol. The third-order valence-corrected chi connectivity index (χ3v) is 8.69. The smallest absolute Gasteiger partial charge is 0.399 e. The molecule has 29 heavy (non-hydrogen) atoms. The van der Waals surface area contributed by atoms with Crippen LogP contribution in [0.2, 0.25) is 0 Å². The van der Waals surface area contributed by atoms with Crippen molar-refractivity contribution in [3.63, 3.8) is 0 Å². The molecule has 0 radical (unpaired) electrons. The minimum Gasteiger partial charge on any atom is -0.399 e. The second-order valence-corrected chi connectivity index (χ2v) is 11.5. The molecule has 0 N–H and O–H groups in total. The van der Waals surface area contributed by atoms with Crippen LogP contribution < -0.4 is 5.46 Å². The summed E-state index contributed by atoms with van der Waals surface area (Å²) in [5.74, 6) is 2.65. The van der Waals surface area contributed by atoms with E-state index in [1.807, 2.05) is 0 Å². The van der Waals surface area contributed by atoms with Crippen LogP contribution >= 0.6 is 0 Å². The lowest BCUT2D eigenvalue weighted by atomic mass is 9.53. The Morgan fingerprint density at radius 3 is 2.03 bits per heavy atom. The molecule has 1 saturated heterocycles. The van der Waals surface area contributed by atoms with Crippen LogP contribution in [0.15, 0.2) is 12.1 Å². The summed E-state index contributed by atoms with van der Waals surface area (Å²) in [6, 6.07) is 4.44. The molecule has 5 nitrogen and oxygen atoms in total. The Labute approximate surface area is 173 Å². The van der Waals surface area contributed by atoms with Gasteiger partial charge in [0.25, 0.3) is 0 Å². The fourth-order valence-electron chi connectivity index (χ4n) is 7.02. The number of nitrogens with zero attached hydrogens (tertiary/aromatic N) is 3. The van der Waals surface area contributed by atoms with E-state index in [2.05, 4.69) is 51.4 Å². The molecule has 6 heteroatoms. The van der Waals surface area contributed by atoms with Gasteiger partial charge in [-0.2, -0.15) is 0 Å². The van der Waals surface area contributed by atoms with Crippen molar-refractivity contribution in [1.29, 1.82) is 0 Å². The Balaban J connectivity index is 1.46. The van der Waals surface area contributed by atoms with Gasteiger partial charge in [-0.1, -0.05) is 11.3 Å². The van der Waals surface area contributed by atoms with Crippen LogP contribution in [-0.2, 0) is 14.8 Å². The molecule has 5 aliphatic rings. The third kappa shape index (κ3) is 2.54. The third-order valence-electron chi connectivity index (χ3n) is 8.69. The summed E-state index contributed by atoms with van der Waals surface area (Å²) in [4.78, 5) is 0. The first-order chi connectivity index (χ1) is 13.7. The predicted molar refractivity (Wildman–Crippen MR) is 114 cm³/mol. The van der Waals surface area contributed by atoms with Gasteiger partial charge in [-0.05, 0) is 103 Å². The maximum Gasteiger partial charge on any atom is 0.497 e. The highest BCUT2D eigenvalue weighted by molar-refractivity contribution is 6.65. The van der Waals surface area contributed by atoms with Gasteiger partial charge < -0.3 is 9.31 Å². The molecule has 2 heterocycles. The maximum absolute atomic E-state index is 6.37. The molecule has 7 rings (SSSR count). The van der Waals surface area contributed by atoms with Crippen LogP contribution in [-0.4, -0.2) is 33.3 Å². The van der Waals surface area contributed by atoms with E-state index in [-0.39, 0.29) is 16.7 Å². The largest absolute Gasteiger partial charge is 0.497 e. The van der Waals surface area contributed by atoms with E-state index >= 15 is 0 Å². The average Bonchev–Trinajstić information content (AvgIpc) is 3.11. The lowest BCUT2D eigenvalue weighted by Crippen LogP contribution is -2.52. The minimum absolute atomic E-state index is 0.171. The number of fused-ring (bicyclic) bond motifs is 1. The standard InChI is InChI=1S/C23H32BN3O2/c1-14-6-18(24-28-21(2,3)22(4,5)29-24)20-19(7-14)27(26-25-20)23-11-15-8-16(12-23)10-17(9-15)13-23/h6-7,15-17H,8-13H2,1-5H3. The topological polar surface area (TPSA) is 49.2 Å². The zero-order valence-electron chi connectivity index (χ0n) is 18.4. The minimum atomic E-state index is -0.399. The highest BCUT2D eigenvalue weighted by Gasteiger charge is 2.54. The molecule has 0 unspecified atom stereocenters. The predicted octanol–water partition coefficient (Wildman–Crippen LogP) is 3.96. The Morgan fingerprint density at radius 1 is 0.931 bits per heavy atom. The number of benzene rings is 1. The molecule has 4 saturated carbocycles. The number of aryl methyl sites for hydroxylation is 1. The highest BCUT2D eigenvalue weighted by Crippen LogP contribution is 2.59. The van der Waals surface area contributed by atoms with E-state index < -0.39 is 7.12 Å². The molecule has 0 spiro atoms. The summed E-state index contributed by atoms with van der Waals surface area (Å²) < 4.78 is 15.1. The molecular weight excluding hydrogens is 361 g/mol. The number of rotatable bonds is 2. The Hall–Kier alpha value is -1.40. The second-order valence-electron chi connectivity index (χ2n) is 11.5. The molecule has 5 fully saturated rings. The molecule has 2 aromatic rings. The summed E-state index contributed by atoms with van der Waals surface area (Å²) >= 11 is 0. The van der Waals surface area contributed by atoms with Crippen LogP contribution in [0.1, 0.15) is 71.8 Å². The van der Waals surface area contributed by atoms with E-state index in [9.17, 15) is 0 Å². The van der Waals surface area contributed by atoms with Crippen LogP contribution in [0.5, 0.6) is 0 Å². The summed E-state index contributed by atoms with van der Waals surface area (Å²) in [5, 5.41) is 9.50. The van der Waals surface area contributed by atoms with Crippen molar-refractivity contribution in [3.8, 4) is 0 Å². The Morgan fingerprint density at radius 2 is 1.48 bits per heavy atom. The summed E-state index contributed by atoms with van der Waals surface area (Å²) in [5.41, 5.74) is 3.81. The van der Waals surface area contributed by atoms with Crippen molar-refractivity contribution >= 4 is 23.6 Å². The van der Waals surface area contributed by atoms with E-state index in [4.69, 9.17) is 19.6 Å². The van der Waals surface area contributed by atoms with Crippen LogP contribution in [0, 0.1) is 24.7 Å². The second kappa shape index (κ2) is 5.64. The van der Waals surface area contributed by atoms with Gasteiger partial charge in [0.2, 0.25) is 0 Å². The van der Waals surface area contributed by atoms with Crippen LogP contribution in [0.3, 0.4) is 0 Å². The molecule has 4 aliphatic carbocycles. The van der Waals surface area contributed by atoms with Gasteiger partial charge in [0, 0.05) is 5.46 Å². The lowest BCUT2D eigenvalue weighted by Gasteiger charge is -2.56. The van der Waals surface area contributed by atoms with Crippen molar-refractivity contribution in [2.45, 2.75) is 89.9 Å². The van der Waals surface area contributed by atoms with Crippen molar-refractivity contribution in [2.24, 2.45) is 17.8 Å². The van der Waals surface area contributed by atoms with Gasteiger partial charge in [-0.25, -0.2) is 4.68 Å². The normalized spacial score (nSPS) is 37.0. The number of aromatic nitrogens is 3. The first-order valence-electron chi connectivity index (χ1n) is 11.4. The molecular formula is C23H32BN3O2. The zero-order valence-corrected chi connectivity index (χ0v) is 18.4. The Kier molecular flexibility index (Phi) is 3.58. The van der Waals surface area contributed by atoms with Crippen molar-refractivity contribution in [3.05, 3.63) is 17.7 Å². The van der Waals surface area contributed by atoms with Gasteiger partial charge >= 0.3 is 7.12 Å². The van der Waals surface area contributed by atoms with Crippen LogP contribution in [0.4, 0.5) is 0 Å². The van der Waals surface area contributed by atoms with E-state index in [0.717, 1.165) is 34.2 Å². The van der Waals surface area contributed by atoms with Gasteiger partial charge in [0.1, 0.15) is 5.52 Å². The summed E-state index contributed by atoms with van der Waals surface area (Å²) in [6.45, 7) is 10.6. The molecule has 0 atom stereocenters. The van der Waals surface area contributed by atoms with Gasteiger partial charge in [0.05, 0.1) is 22.3 Å². The number of hydrogen-bond donors (Lipinski definition) is 0. The number of hydrogen-bond acceptors (Lipinski definition) is 4. The molecule has 1 aliphatic heterocycles. The molecule has 4 bridgehead atoms. The first-order valence-corrected chi connectivity index (χ1v) is 11.4.